The first-order chi connectivity index (χ1) is 16.4. The molecule has 176 valence electrons. The second kappa shape index (κ2) is 7.56. The number of nitrogens with one attached hydrogen (secondary N) is 1. The number of methoxy groups -OCH3 is 1. The molecular weight excluding hydrogens is 436 g/mol. The van der Waals surface area contributed by atoms with Crippen molar-refractivity contribution in [2.75, 3.05) is 7.11 Å². The van der Waals surface area contributed by atoms with Gasteiger partial charge in [-0.25, -0.2) is 0 Å². The summed E-state index contributed by atoms with van der Waals surface area (Å²) in [5.41, 5.74) is -0.0553. The predicted molar refractivity (Wildman–Crippen MR) is 119 cm³/mol. The number of furan rings is 1. The fourth-order valence-electron chi connectivity index (χ4n) is 6.31. The Morgan fingerprint density at radius 1 is 1.24 bits per heavy atom. The third-order valence-electron chi connectivity index (χ3n) is 7.88. The summed E-state index contributed by atoms with van der Waals surface area (Å²) in [4.78, 5) is 42.0. The zero-order valence-corrected chi connectivity index (χ0v) is 19.0. The number of hydrogen-bond donors (Lipinski definition) is 1. The summed E-state index contributed by atoms with van der Waals surface area (Å²) < 4.78 is 17.2. The zero-order chi connectivity index (χ0) is 23.6. The maximum absolute atomic E-state index is 13.9. The third kappa shape index (κ3) is 2.84. The van der Waals surface area contributed by atoms with E-state index in [9.17, 15) is 14.4 Å². The molecule has 1 N–H and O–H groups in total. The Morgan fingerprint density at radius 2 is 2.03 bits per heavy atom. The fraction of sp³-hybridized carbons (Fsp3) is 0.423. The molecule has 4 aliphatic heterocycles. The van der Waals surface area contributed by atoms with Gasteiger partial charge >= 0.3 is 0 Å². The molecule has 0 aliphatic carbocycles. The van der Waals surface area contributed by atoms with Crippen molar-refractivity contribution in [2.45, 2.75) is 43.7 Å². The van der Waals surface area contributed by atoms with Gasteiger partial charge in [-0.1, -0.05) is 31.2 Å². The molecule has 1 aromatic heterocycles. The molecule has 5 heterocycles. The number of Topliss-reactive ketones (excluding diaryl/α,β-unsaturated/α-hetero) is 1. The summed E-state index contributed by atoms with van der Waals surface area (Å²) in [5, 5.41) is 2.98. The van der Waals surface area contributed by atoms with Crippen LogP contribution in [-0.2, 0) is 25.7 Å². The van der Waals surface area contributed by atoms with Gasteiger partial charge in [0.05, 0.1) is 43.4 Å². The largest absolute Gasteiger partial charge is 0.497 e. The number of ketones is 1. The van der Waals surface area contributed by atoms with Gasteiger partial charge in [0.15, 0.2) is 0 Å². The molecule has 7 atom stereocenters. The SMILES string of the molecule is COc1ccc(CNC(=O)[C@H]2[C@H]3C(=O)N4[C@H](c5ccco5)CC(=O)[C@H](C)[C@@H]4[C@@]34C=C[C@H]2O4)cc1. The van der Waals surface area contributed by atoms with Crippen LogP contribution in [0.15, 0.2) is 59.2 Å². The van der Waals surface area contributed by atoms with Crippen molar-refractivity contribution >= 4 is 17.6 Å². The van der Waals surface area contributed by atoms with E-state index >= 15 is 0 Å². The lowest BCUT2D eigenvalue weighted by Gasteiger charge is -2.43. The molecule has 2 bridgehead atoms. The highest BCUT2D eigenvalue weighted by molar-refractivity contribution is 5.96. The number of carbonyl (C=O) groups excluding carboxylic acids is 3. The van der Waals surface area contributed by atoms with Gasteiger partial charge in [-0.2, -0.15) is 0 Å². The van der Waals surface area contributed by atoms with Crippen molar-refractivity contribution in [2.24, 2.45) is 17.8 Å². The normalized spacial score (nSPS) is 35.4. The van der Waals surface area contributed by atoms with E-state index in [0.717, 1.165) is 11.3 Å². The van der Waals surface area contributed by atoms with Crippen LogP contribution in [0.1, 0.15) is 30.7 Å². The maximum atomic E-state index is 13.9. The summed E-state index contributed by atoms with van der Waals surface area (Å²) in [5.74, 6) is -0.709. The quantitative estimate of drug-likeness (QED) is 0.686. The van der Waals surface area contributed by atoms with Crippen LogP contribution < -0.4 is 10.1 Å². The Hall–Kier alpha value is -3.39. The van der Waals surface area contributed by atoms with Crippen LogP contribution in [0, 0.1) is 17.8 Å². The van der Waals surface area contributed by atoms with Crippen LogP contribution in [0.4, 0.5) is 0 Å². The molecule has 6 rings (SSSR count). The minimum Gasteiger partial charge on any atom is -0.497 e. The Bertz CT molecular complexity index is 1170. The summed E-state index contributed by atoms with van der Waals surface area (Å²) in [6.07, 6.45) is 5.04. The average molecular weight is 463 g/mol. The highest BCUT2D eigenvalue weighted by Gasteiger charge is 2.74. The van der Waals surface area contributed by atoms with E-state index in [4.69, 9.17) is 13.9 Å². The van der Waals surface area contributed by atoms with Crippen molar-refractivity contribution in [1.29, 1.82) is 0 Å². The van der Waals surface area contributed by atoms with Gasteiger partial charge in [0.2, 0.25) is 11.8 Å². The Morgan fingerprint density at radius 3 is 2.74 bits per heavy atom. The van der Waals surface area contributed by atoms with E-state index in [-0.39, 0.29) is 24.0 Å². The first kappa shape index (κ1) is 21.2. The lowest BCUT2D eigenvalue weighted by molar-refractivity contribution is -0.148. The van der Waals surface area contributed by atoms with Crippen LogP contribution in [0.25, 0.3) is 0 Å². The monoisotopic (exact) mass is 462 g/mol. The molecule has 1 spiro atoms. The molecule has 0 saturated carbocycles. The van der Waals surface area contributed by atoms with Gasteiger partial charge in [-0.05, 0) is 29.8 Å². The number of fused-ring (bicyclic) bond motifs is 2. The van der Waals surface area contributed by atoms with Crippen molar-refractivity contribution in [3.63, 3.8) is 0 Å². The highest BCUT2D eigenvalue weighted by Crippen LogP contribution is 2.59. The predicted octanol–water partition coefficient (Wildman–Crippen LogP) is 2.41. The minimum atomic E-state index is -0.982. The van der Waals surface area contributed by atoms with Gasteiger partial charge in [-0.15, -0.1) is 0 Å². The molecule has 2 amide bonds. The van der Waals surface area contributed by atoms with E-state index < -0.39 is 41.5 Å². The molecule has 0 radical (unpaired) electrons. The van der Waals surface area contributed by atoms with Crippen LogP contribution in [0.3, 0.4) is 0 Å². The van der Waals surface area contributed by atoms with E-state index in [1.54, 1.807) is 30.4 Å². The third-order valence-corrected chi connectivity index (χ3v) is 7.88. The lowest BCUT2D eigenvalue weighted by atomic mass is 9.70. The van der Waals surface area contributed by atoms with Gasteiger partial charge in [0.25, 0.3) is 0 Å². The van der Waals surface area contributed by atoms with Gasteiger partial charge < -0.3 is 24.1 Å². The number of rotatable bonds is 5. The molecule has 2 aromatic rings. The van der Waals surface area contributed by atoms with Crippen molar-refractivity contribution < 1.29 is 28.3 Å². The van der Waals surface area contributed by atoms with Crippen molar-refractivity contribution in [3.8, 4) is 5.75 Å². The molecule has 1 aromatic carbocycles. The molecular formula is C26H26N2O6. The first-order valence-corrected chi connectivity index (χ1v) is 11.6. The van der Waals surface area contributed by atoms with E-state index in [0.29, 0.717) is 12.3 Å². The van der Waals surface area contributed by atoms with E-state index in [1.807, 2.05) is 43.3 Å². The minimum absolute atomic E-state index is 0.0679. The summed E-state index contributed by atoms with van der Waals surface area (Å²) in [6, 6.07) is 10.0. The van der Waals surface area contributed by atoms with Gasteiger partial charge in [-0.3, -0.25) is 14.4 Å². The Balaban J connectivity index is 1.29. The molecule has 3 saturated heterocycles. The fourth-order valence-corrected chi connectivity index (χ4v) is 6.31. The van der Waals surface area contributed by atoms with E-state index in [1.165, 1.54) is 0 Å². The average Bonchev–Trinajstić information content (AvgIpc) is 3.62. The molecule has 8 nitrogen and oxygen atoms in total. The summed E-state index contributed by atoms with van der Waals surface area (Å²) >= 11 is 0. The lowest BCUT2D eigenvalue weighted by Crippen LogP contribution is -2.55. The van der Waals surface area contributed by atoms with Crippen molar-refractivity contribution in [3.05, 3.63) is 66.1 Å². The number of ether oxygens (including phenoxy) is 2. The van der Waals surface area contributed by atoms with Crippen LogP contribution in [0.5, 0.6) is 5.75 Å². The van der Waals surface area contributed by atoms with Gasteiger partial charge in [0, 0.05) is 18.9 Å². The first-order valence-electron chi connectivity index (χ1n) is 11.6. The van der Waals surface area contributed by atoms with Gasteiger partial charge in [0.1, 0.15) is 22.9 Å². The zero-order valence-electron chi connectivity index (χ0n) is 19.0. The number of amides is 2. The number of piperidine rings is 1. The second-order valence-electron chi connectivity index (χ2n) is 9.55. The number of nitrogens with zero attached hydrogens (tertiary/aromatic N) is 1. The van der Waals surface area contributed by atoms with Crippen LogP contribution in [-0.4, -0.2) is 47.4 Å². The van der Waals surface area contributed by atoms with Crippen LogP contribution in [0.2, 0.25) is 0 Å². The summed E-state index contributed by atoms with van der Waals surface area (Å²) in [7, 11) is 1.60. The second-order valence-corrected chi connectivity index (χ2v) is 9.55. The van der Waals surface area contributed by atoms with E-state index in [2.05, 4.69) is 5.32 Å². The number of carbonyl (C=O) groups is 3. The molecule has 4 aliphatic rings. The smallest absolute Gasteiger partial charge is 0.230 e. The Kier molecular flexibility index (Phi) is 4.71. The summed E-state index contributed by atoms with van der Waals surface area (Å²) in [6.45, 7) is 2.19. The maximum Gasteiger partial charge on any atom is 0.230 e. The van der Waals surface area contributed by atoms with Crippen molar-refractivity contribution in [1.82, 2.24) is 10.2 Å². The molecule has 34 heavy (non-hydrogen) atoms. The molecule has 3 fully saturated rings. The number of benzene rings is 1. The topological polar surface area (TPSA) is 98.1 Å². The standard InChI is InChI=1S/C26H26N2O6/c1-14-18(29)12-17(19-4-3-11-33-19)28-23(14)26-10-9-20(34-26)21(22(26)25(28)31)24(30)27-13-15-5-7-16(32-2)8-6-15/h3-11,14,17,20-23H,12-13H2,1-2H3,(H,27,30)/t14-,17-,20+,21+,22-,23+,26+/m0/s1. The molecule has 0 unspecified atom stereocenters. The highest BCUT2D eigenvalue weighted by atomic mass is 16.5. The number of hydrogen-bond acceptors (Lipinski definition) is 6. The van der Waals surface area contributed by atoms with Crippen LogP contribution >= 0.6 is 0 Å². The Labute approximate surface area is 196 Å². The molecule has 8 heteroatoms.